The Balaban J connectivity index is 2.55. The molecule has 0 heterocycles. The summed E-state index contributed by atoms with van der Waals surface area (Å²) in [7, 11) is 2.02. The van der Waals surface area contributed by atoms with E-state index in [9.17, 15) is 0 Å². The van der Waals surface area contributed by atoms with E-state index in [1.54, 1.807) is 0 Å². The molecule has 0 spiro atoms. The molecule has 0 saturated heterocycles. The summed E-state index contributed by atoms with van der Waals surface area (Å²) in [6.07, 6.45) is 0. The van der Waals surface area contributed by atoms with E-state index in [-0.39, 0.29) is 6.04 Å². The normalized spacial score (nSPS) is 12.5. The van der Waals surface area contributed by atoms with Gasteiger partial charge in [0, 0.05) is 4.47 Å². The fourth-order valence-electron chi connectivity index (χ4n) is 2.64. The maximum absolute atomic E-state index is 3.70. The van der Waals surface area contributed by atoms with Crippen molar-refractivity contribution < 1.29 is 0 Å². The van der Waals surface area contributed by atoms with Gasteiger partial charge in [0.05, 0.1) is 6.04 Å². The second-order valence-electron chi connectivity index (χ2n) is 5.54. The van der Waals surface area contributed by atoms with E-state index >= 15 is 0 Å². The summed E-state index contributed by atoms with van der Waals surface area (Å²) < 4.78 is 1.16. The minimum atomic E-state index is 0.212. The molecule has 1 unspecified atom stereocenters. The van der Waals surface area contributed by atoms with Gasteiger partial charge in [-0.3, -0.25) is 0 Å². The summed E-state index contributed by atoms with van der Waals surface area (Å²) in [6.45, 7) is 8.65. The Hall–Kier alpha value is -1.12. The number of halogens is 1. The van der Waals surface area contributed by atoms with E-state index in [0.29, 0.717) is 0 Å². The zero-order valence-corrected chi connectivity index (χ0v) is 14.4. The average Bonchev–Trinajstić information content (AvgIpc) is 2.38. The fourth-order valence-corrected chi connectivity index (χ4v) is 3.36. The van der Waals surface area contributed by atoms with Crippen LogP contribution in [0.15, 0.2) is 34.8 Å². The van der Waals surface area contributed by atoms with Gasteiger partial charge in [-0.25, -0.2) is 0 Å². The molecule has 1 nitrogen and oxygen atoms in total. The minimum Gasteiger partial charge on any atom is -0.309 e. The van der Waals surface area contributed by atoms with E-state index < -0.39 is 0 Å². The summed E-state index contributed by atoms with van der Waals surface area (Å²) in [6, 6.07) is 11.3. The fraction of sp³-hybridized carbons (Fsp3) is 0.333. The van der Waals surface area contributed by atoms with Crippen LogP contribution in [0, 0.1) is 27.7 Å². The van der Waals surface area contributed by atoms with Crippen molar-refractivity contribution >= 4 is 15.9 Å². The lowest BCUT2D eigenvalue weighted by atomic mass is 9.91. The highest BCUT2D eigenvalue weighted by Crippen LogP contribution is 2.32. The molecule has 1 atom stereocenters. The van der Waals surface area contributed by atoms with Gasteiger partial charge in [-0.05, 0) is 74.2 Å². The van der Waals surface area contributed by atoms with Gasteiger partial charge < -0.3 is 5.32 Å². The Morgan fingerprint density at radius 3 is 2.10 bits per heavy atom. The van der Waals surface area contributed by atoms with Crippen molar-refractivity contribution in [1.29, 1.82) is 0 Å². The van der Waals surface area contributed by atoms with E-state index in [1.165, 1.54) is 33.4 Å². The van der Waals surface area contributed by atoms with Crippen LogP contribution >= 0.6 is 15.9 Å². The van der Waals surface area contributed by atoms with Crippen LogP contribution < -0.4 is 5.32 Å². The predicted molar refractivity (Wildman–Crippen MR) is 90.4 cm³/mol. The van der Waals surface area contributed by atoms with Crippen LogP contribution in [0.4, 0.5) is 0 Å². The third kappa shape index (κ3) is 2.97. The van der Waals surface area contributed by atoms with Gasteiger partial charge in [-0.2, -0.15) is 0 Å². The molecule has 0 amide bonds. The number of aryl methyl sites for hydroxylation is 4. The Labute approximate surface area is 130 Å². The smallest absolute Gasteiger partial charge is 0.0588 e. The molecule has 106 valence electrons. The number of hydrogen-bond acceptors (Lipinski definition) is 1. The van der Waals surface area contributed by atoms with Gasteiger partial charge >= 0.3 is 0 Å². The average molecular weight is 332 g/mol. The van der Waals surface area contributed by atoms with Gasteiger partial charge in [0.1, 0.15) is 0 Å². The molecule has 20 heavy (non-hydrogen) atoms. The first-order chi connectivity index (χ1) is 9.43. The van der Waals surface area contributed by atoms with Crippen molar-refractivity contribution in [2.45, 2.75) is 33.7 Å². The van der Waals surface area contributed by atoms with E-state index in [0.717, 1.165) is 4.47 Å². The molecule has 2 heteroatoms. The number of benzene rings is 2. The first-order valence-corrected chi connectivity index (χ1v) is 7.74. The van der Waals surface area contributed by atoms with Crippen molar-refractivity contribution in [3.8, 4) is 0 Å². The van der Waals surface area contributed by atoms with Gasteiger partial charge in [0.15, 0.2) is 0 Å². The summed E-state index contributed by atoms with van der Waals surface area (Å²) in [4.78, 5) is 0. The molecule has 0 aliphatic rings. The number of nitrogens with one attached hydrogen (secondary N) is 1. The minimum absolute atomic E-state index is 0.212. The molecule has 1 N–H and O–H groups in total. The Bertz CT molecular complexity index is 632. The summed E-state index contributed by atoms with van der Waals surface area (Å²) in [5, 5.41) is 3.45. The summed E-state index contributed by atoms with van der Waals surface area (Å²) in [5.74, 6) is 0. The van der Waals surface area contributed by atoms with Crippen LogP contribution in [0.5, 0.6) is 0 Å². The van der Waals surface area contributed by atoms with Gasteiger partial charge in [0.25, 0.3) is 0 Å². The van der Waals surface area contributed by atoms with Crippen molar-refractivity contribution in [3.05, 3.63) is 68.2 Å². The Morgan fingerprint density at radius 1 is 0.850 bits per heavy atom. The third-order valence-electron chi connectivity index (χ3n) is 3.95. The Kier molecular flexibility index (Phi) is 4.66. The predicted octanol–water partition coefficient (Wildman–Crippen LogP) is 4.99. The zero-order chi connectivity index (χ0) is 14.9. The Morgan fingerprint density at radius 2 is 1.50 bits per heavy atom. The van der Waals surface area contributed by atoms with E-state index in [1.807, 2.05) is 7.05 Å². The standard InChI is InChI=1S/C18H22BrN/c1-11-6-7-15(17(19)8-11)18(20-5)16-10-13(3)12(2)9-14(16)4/h6-10,18,20H,1-5H3. The second kappa shape index (κ2) is 6.11. The van der Waals surface area contributed by atoms with Gasteiger partial charge in [-0.15, -0.1) is 0 Å². The van der Waals surface area contributed by atoms with Crippen molar-refractivity contribution in [3.63, 3.8) is 0 Å². The molecule has 0 aliphatic carbocycles. The first-order valence-electron chi connectivity index (χ1n) is 6.95. The molecule has 2 rings (SSSR count). The van der Waals surface area contributed by atoms with Crippen LogP contribution in [0.25, 0.3) is 0 Å². The SMILES string of the molecule is CNC(c1cc(C)c(C)cc1C)c1ccc(C)cc1Br. The molecule has 0 aromatic heterocycles. The molecular weight excluding hydrogens is 310 g/mol. The lowest BCUT2D eigenvalue weighted by Gasteiger charge is -2.22. The summed E-state index contributed by atoms with van der Waals surface area (Å²) in [5.41, 5.74) is 7.93. The number of hydrogen-bond donors (Lipinski definition) is 1. The quantitative estimate of drug-likeness (QED) is 0.835. The van der Waals surface area contributed by atoms with Gasteiger partial charge in [-0.1, -0.05) is 40.2 Å². The molecule has 0 radical (unpaired) electrons. The maximum Gasteiger partial charge on any atom is 0.0588 e. The first kappa shape index (κ1) is 15.3. The lowest BCUT2D eigenvalue weighted by Crippen LogP contribution is -2.19. The van der Waals surface area contributed by atoms with Crippen LogP contribution in [-0.2, 0) is 0 Å². The highest BCUT2D eigenvalue weighted by Gasteiger charge is 2.17. The molecule has 2 aromatic rings. The highest BCUT2D eigenvalue weighted by molar-refractivity contribution is 9.10. The van der Waals surface area contributed by atoms with Crippen molar-refractivity contribution in [1.82, 2.24) is 5.32 Å². The molecule has 0 aliphatic heterocycles. The maximum atomic E-state index is 3.70. The monoisotopic (exact) mass is 331 g/mol. The lowest BCUT2D eigenvalue weighted by molar-refractivity contribution is 0.683. The van der Waals surface area contributed by atoms with E-state index in [4.69, 9.17) is 0 Å². The zero-order valence-electron chi connectivity index (χ0n) is 12.8. The highest BCUT2D eigenvalue weighted by atomic mass is 79.9. The second-order valence-corrected chi connectivity index (χ2v) is 6.39. The van der Waals surface area contributed by atoms with Crippen molar-refractivity contribution in [2.24, 2.45) is 0 Å². The van der Waals surface area contributed by atoms with Crippen LogP contribution in [0.1, 0.15) is 39.4 Å². The molecule has 0 fully saturated rings. The third-order valence-corrected chi connectivity index (χ3v) is 4.64. The number of rotatable bonds is 3. The molecule has 0 saturated carbocycles. The van der Waals surface area contributed by atoms with E-state index in [2.05, 4.69) is 79.3 Å². The van der Waals surface area contributed by atoms with Gasteiger partial charge in [0.2, 0.25) is 0 Å². The summed E-state index contributed by atoms with van der Waals surface area (Å²) >= 11 is 3.70. The van der Waals surface area contributed by atoms with Crippen LogP contribution in [0.2, 0.25) is 0 Å². The topological polar surface area (TPSA) is 12.0 Å². The van der Waals surface area contributed by atoms with Crippen LogP contribution in [-0.4, -0.2) is 7.05 Å². The van der Waals surface area contributed by atoms with Crippen LogP contribution in [0.3, 0.4) is 0 Å². The molecule has 2 aromatic carbocycles. The molecular formula is C18H22BrN. The van der Waals surface area contributed by atoms with Crippen molar-refractivity contribution in [2.75, 3.05) is 7.05 Å². The molecule has 0 bridgehead atoms. The largest absolute Gasteiger partial charge is 0.309 e.